The Balaban J connectivity index is 1.94. The first-order valence-corrected chi connectivity index (χ1v) is 7.59. The number of nitrogens with one attached hydrogen (secondary N) is 2. The molecular weight excluding hydrogens is 340 g/mol. The summed E-state index contributed by atoms with van der Waals surface area (Å²) in [6.45, 7) is 0. The molecule has 1 aliphatic carbocycles. The van der Waals surface area contributed by atoms with E-state index in [1.165, 1.54) is 12.1 Å². The number of hydrogen-bond acceptors (Lipinski definition) is 6. The maximum Gasteiger partial charge on any atom is 0.433 e. The Bertz CT molecular complexity index is 1310. The average Bonchev–Trinajstić information content (AvgIpc) is 3.33. The van der Waals surface area contributed by atoms with E-state index in [9.17, 15) is 19.7 Å². The normalized spacial score (nSPS) is 12.4. The molecule has 1 aromatic carbocycles. The van der Waals surface area contributed by atoms with E-state index < -0.39 is 16.4 Å². The molecule has 0 radical (unpaired) electrons. The number of nitro groups is 1. The van der Waals surface area contributed by atoms with Crippen LogP contribution in [0.2, 0.25) is 0 Å². The molecule has 26 heavy (non-hydrogen) atoms. The zero-order valence-electron chi connectivity index (χ0n) is 12.9. The first kappa shape index (κ1) is 14.3. The van der Waals surface area contributed by atoms with Gasteiger partial charge in [-0.25, -0.2) is 4.98 Å². The van der Waals surface area contributed by atoms with Crippen molar-refractivity contribution in [2.24, 2.45) is 0 Å². The van der Waals surface area contributed by atoms with Crippen molar-refractivity contribution in [3.8, 4) is 22.6 Å². The minimum atomic E-state index is -0.681. The fraction of sp³-hybridized carbons (Fsp3) is 0. The van der Waals surface area contributed by atoms with Crippen LogP contribution in [0.15, 0.2) is 45.6 Å². The average molecular weight is 348 g/mol. The number of rotatable bonds is 2. The number of carbonyl (C=O) groups is 1. The number of pyridine rings is 1. The molecule has 0 bridgehead atoms. The molecule has 3 aromatic heterocycles. The van der Waals surface area contributed by atoms with Gasteiger partial charge in [-0.1, -0.05) is 24.3 Å². The van der Waals surface area contributed by atoms with Crippen LogP contribution in [-0.2, 0) is 0 Å². The standard InChI is InChI=1S/C17H8N4O5/c22-15-8-4-2-1-3-7(8)14-12(15)11(9-5-6-10(26-9)21(24)25)13-16(18-14)19-20-17(13)23/h1-6H,(H2,18,19,20,23). The van der Waals surface area contributed by atoms with Gasteiger partial charge in [0.2, 0.25) is 0 Å². The lowest BCUT2D eigenvalue weighted by Gasteiger charge is -2.05. The Morgan fingerprint density at radius 1 is 1.00 bits per heavy atom. The fourth-order valence-electron chi connectivity index (χ4n) is 3.32. The molecule has 0 fully saturated rings. The number of H-pyrrole nitrogens is 2. The monoisotopic (exact) mass is 348 g/mol. The van der Waals surface area contributed by atoms with Gasteiger partial charge in [-0.3, -0.25) is 29.9 Å². The number of benzene rings is 1. The predicted octanol–water partition coefficient (Wildman–Crippen LogP) is 2.63. The van der Waals surface area contributed by atoms with Gasteiger partial charge in [0.1, 0.15) is 10.7 Å². The molecule has 0 aliphatic heterocycles. The van der Waals surface area contributed by atoms with Crippen LogP contribution in [0.5, 0.6) is 0 Å². The van der Waals surface area contributed by atoms with Crippen molar-refractivity contribution < 1.29 is 14.1 Å². The molecule has 2 N–H and O–H groups in total. The Morgan fingerprint density at radius 2 is 1.77 bits per heavy atom. The van der Waals surface area contributed by atoms with Crippen LogP contribution in [0, 0.1) is 10.1 Å². The van der Waals surface area contributed by atoms with E-state index in [4.69, 9.17) is 4.42 Å². The molecule has 5 rings (SSSR count). The summed E-state index contributed by atoms with van der Waals surface area (Å²) < 4.78 is 5.29. The molecule has 1 aliphatic rings. The first-order valence-electron chi connectivity index (χ1n) is 7.59. The molecular formula is C17H8N4O5. The van der Waals surface area contributed by atoms with Gasteiger partial charge in [0.25, 0.3) is 5.56 Å². The SMILES string of the molecule is O=C1c2ccccc2-c2nc3[nH][nH]c(=O)c3c(-c3ccc([N+](=O)[O-])o3)c21. The lowest BCUT2D eigenvalue weighted by Crippen LogP contribution is -2.05. The van der Waals surface area contributed by atoms with Crippen LogP contribution in [0.25, 0.3) is 33.6 Å². The lowest BCUT2D eigenvalue weighted by atomic mass is 10.00. The number of nitrogens with zero attached hydrogens (tertiary/aromatic N) is 2. The molecule has 9 heteroatoms. The smallest absolute Gasteiger partial charge is 0.401 e. The van der Waals surface area contributed by atoms with Crippen molar-refractivity contribution in [3.63, 3.8) is 0 Å². The number of carbonyl (C=O) groups excluding carboxylic acids is 1. The molecule has 126 valence electrons. The summed E-state index contributed by atoms with van der Waals surface area (Å²) in [5, 5.41) is 16.2. The summed E-state index contributed by atoms with van der Waals surface area (Å²) in [6.07, 6.45) is 0. The van der Waals surface area contributed by atoms with Crippen LogP contribution in [0.4, 0.5) is 5.88 Å². The summed E-state index contributed by atoms with van der Waals surface area (Å²) in [4.78, 5) is 39.9. The second-order valence-corrected chi connectivity index (χ2v) is 5.78. The largest absolute Gasteiger partial charge is 0.433 e. The van der Waals surface area contributed by atoms with Gasteiger partial charge >= 0.3 is 5.88 Å². The van der Waals surface area contributed by atoms with Crippen LogP contribution in [-0.4, -0.2) is 25.9 Å². The zero-order chi connectivity index (χ0) is 18.0. The molecule has 0 spiro atoms. The second-order valence-electron chi connectivity index (χ2n) is 5.78. The fourth-order valence-corrected chi connectivity index (χ4v) is 3.32. The van der Waals surface area contributed by atoms with E-state index in [-0.39, 0.29) is 33.7 Å². The molecule has 3 heterocycles. The van der Waals surface area contributed by atoms with E-state index >= 15 is 0 Å². The number of fused-ring (bicyclic) bond motifs is 4. The quantitative estimate of drug-likeness (QED) is 0.372. The third kappa shape index (κ3) is 1.71. The Labute approximate surface area is 143 Å². The van der Waals surface area contributed by atoms with E-state index in [2.05, 4.69) is 15.2 Å². The predicted molar refractivity (Wildman–Crippen MR) is 89.9 cm³/mol. The Morgan fingerprint density at radius 3 is 2.50 bits per heavy atom. The molecule has 0 unspecified atom stereocenters. The number of hydrogen-bond donors (Lipinski definition) is 2. The minimum absolute atomic E-state index is 0.0617. The summed E-state index contributed by atoms with van der Waals surface area (Å²) >= 11 is 0. The van der Waals surface area contributed by atoms with Crippen LogP contribution in [0.3, 0.4) is 0 Å². The topological polar surface area (TPSA) is 135 Å². The van der Waals surface area contributed by atoms with E-state index in [0.29, 0.717) is 16.8 Å². The molecule has 0 saturated heterocycles. The second kappa shape index (κ2) is 4.76. The summed E-state index contributed by atoms with van der Waals surface area (Å²) in [6, 6.07) is 9.50. The van der Waals surface area contributed by atoms with Gasteiger partial charge < -0.3 is 4.42 Å². The van der Waals surface area contributed by atoms with Crippen molar-refractivity contribution in [1.82, 2.24) is 15.2 Å². The van der Waals surface area contributed by atoms with Crippen molar-refractivity contribution in [2.75, 3.05) is 0 Å². The lowest BCUT2D eigenvalue weighted by molar-refractivity contribution is -0.401. The van der Waals surface area contributed by atoms with Crippen molar-refractivity contribution in [3.05, 3.63) is 68.0 Å². The Kier molecular flexibility index (Phi) is 2.62. The van der Waals surface area contributed by atoms with Gasteiger partial charge in [0.05, 0.1) is 22.7 Å². The molecule has 0 atom stereocenters. The first-order chi connectivity index (χ1) is 12.6. The highest BCUT2D eigenvalue weighted by Gasteiger charge is 2.34. The summed E-state index contributed by atoms with van der Waals surface area (Å²) in [5.74, 6) is -0.722. The van der Waals surface area contributed by atoms with Crippen molar-refractivity contribution in [1.29, 1.82) is 0 Å². The summed E-state index contributed by atoms with van der Waals surface area (Å²) in [7, 11) is 0. The summed E-state index contributed by atoms with van der Waals surface area (Å²) in [5.41, 5.74) is 1.65. The highest BCUT2D eigenvalue weighted by atomic mass is 16.6. The Hall–Kier alpha value is -4.01. The zero-order valence-corrected chi connectivity index (χ0v) is 12.9. The maximum absolute atomic E-state index is 13.0. The minimum Gasteiger partial charge on any atom is -0.401 e. The highest BCUT2D eigenvalue weighted by molar-refractivity contribution is 6.26. The van der Waals surface area contributed by atoms with E-state index in [0.717, 1.165) is 0 Å². The highest BCUT2D eigenvalue weighted by Crippen LogP contribution is 2.43. The molecule has 0 saturated carbocycles. The van der Waals surface area contributed by atoms with Gasteiger partial charge in [-0.15, -0.1) is 0 Å². The van der Waals surface area contributed by atoms with E-state index in [1.807, 2.05) is 0 Å². The third-order valence-electron chi connectivity index (χ3n) is 4.39. The molecule has 9 nitrogen and oxygen atoms in total. The number of aromatic amines is 2. The van der Waals surface area contributed by atoms with Crippen LogP contribution < -0.4 is 5.56 Å². The van der Waals surface area contributed by atoms with E-state index in [1.54, 1.807) is 24.3 Å². The molecule has 0 amide bonds. The number of furan rings is 1. The van der Waals surface area contributed by atoms with Crippen molar-refractivity contribution in [2.45, 2.75) is 0 Å². The van der Waals surface area contributed by atoms with Gasteiger partial charge in [0.15, 0.2) is 11.4 Å². The number of aromatic nitrogens is 3. The maximum atomic E-state index is 13.0. The van der Waals surface area contributed by atoms with Gasteiger partial charge in [-0.05, 0) is 6.07 Å². The van der Waals surface area contributed by atoms with Crippen molar-refractivity contribution >= 4 is 22.7 Å². The molecule has 4 aromatic rings. The third-order valence-corrected chi connectivity index (χ3v) is 4.39. The van der Waals surface area contributed by atoms with Gasteiger partial charge in [-0.2, -0.15) is 0 Å². The van der Waals surface area contributed by atoms with Crippen LogP contribution >= 0.6 is 0 Å². The van der Waals surface area contributed by atoms with Crippen LogP contribution in [0.1, 0.15) is 15.9 Å². The van der Waals surface area contributed by atoms with Gasteiger partial charge in [0, 0.05) is 16.7 Å². The number of ketones is 1.